The third kappa shape index (κ3) is 1.76. The Balaban J connectivity index is 2.51. The molecule has 0 saturated carbocycles. The maximum absolute atomic E-state index is 9.32. The summed E-state index contributed by atoms with van der Waals surface area (Å²) in [5.74, 6) is 1.81. The normalized spacial score (nSPS) is 19.5. The summed E-state index contributed by atoms with van der Waals surface area (Å²) in [5.41, 5.74) is 2.38. The molecule has 88 valence electrons. The summed E-state index contributed by atoms with van der Waals surface area (Å²) in [5, 5.41) is 9.32. The monoisotopic (exact) mass is 239 g/mol. The fourth-order valence-electron chi connectivity index (χ4n) is 1.98. The zero-order chi connectivity index (χ0) is 11.7. The summed E-state index contributed by atoms with van der Waals surface area (Å²) in [6.07, 6.45) is 0. The zero-order valence-corrected chi connectivity index (χ0v) is 10.7. The topological polar surface area (TPSA) is 32.7 Å². The maximum atomic E-state index is 9.32. The Morgan fingerprint density at radius 2 is 2.31 bits per heavy atom. The van der Waals surface area contributed by atoms with Gasteiger partial charge < -0.3 is 14.7 Å². The smallest absolute Gasteiger partial charge is 0.143 e. The van der Waals surface area contributed by atoms with Gasteiger partial charge in [-0.3, -0.25) is 0 Å². The summed E-state index contributed by atoms with van der Waals surface area (Å²) in [4.78, 5) is 3.39. The van der Waals surface area contributed by atoms with E-state index in [4.69, 9.17) is 4.74 Å². The number of hydrogen-bond acceptors (Lipinski definition) is 4. The molecule has 3 nitrogen and oxygen atoms in total. The molecule has 1 atom stereocenters. The molecule has 1 aliphatic rings. The van der Waals surface area contributed by atoms with Gasteiger partial charge in [-0.15, -0.1) is 11.8 Å². The zero-order valence-electron chi connectivity index (χ0n) is 9.86. The van der Waals surface area contributed by atoms with E-state index < -0.39 is 0 Å². The lowest BCUT2D eigenvalue weighted by atomic mass is 10.1. The number of anilines is 1. The van der Waals surface area contributed by atoms with Gasteiger partial charge in [0.2, 0.25) is 0 Å². The first-order valence-corrected chi connectivity index (χ1v) is 6.31. The Morgan fingerprint density at radius 3 is 2.94 bits per heavy atom. The summed E-state index contributed by atoms with van der Waals surface area (Å²) >= 11 is 1.80. The Hall–Kier alpha value is -0.870. The van der Waals surface area contributed by atoms with Crippen molar-refractivity contribution in [3.8, 4) is 5.75 Å². The molecule has 0 aliphatic carbocycles. The SMILES string of the molecule is COc1ccc(C)c2c1N(C)C(CO)CS2. The number of thioether (sulfide) groups is 1. The van der Waals surface area contributed by atoms with Gasteiger partial charge >= 0.3 is 0 Å². The minimum atomic E-state index is 0.174. The first-order valence-electron chi connectivity index (χ1n) is 5.33. The minimum absolute atomic E-state index is 0.174. The number of aryl methyl sites for hydroxylation is 1. The van der Waals surface area contributed by atoms with Crippen LogP contribution >= 0.6 is 11.8 Å². The molecule has 1 unspecified atom stereocenters. The molecule has 0 saturated heterocycles. The lowest BCUT2D eigenvalue weighted by Crippen LogP contribution is -2.39. The molecular formula is C12H17NO2S. The summed E-state index contributed by atoms with van der Waals surface area (Å²) < 4.78 is 5.39. The van der Waals surface area contributed by atoms with Gasteiger partial charge in [0.15, 0.2) is 0 Å². The van der Waals surface area contributed by atoms with E-state index >= 15 is 0 Å². The molecule has 1 aromatic carbocycles. The van der Waals surface area contributed by atoms with Crippen LogP contribution in [0.5, 0.6) is 5.75 Å². The van der Waals surface area contributed by atoms with Gasteiger partial charge in [-0.25, -0.2) is 0 Å². The first-order chi connectivity index (χ1) is 7.69. The predicted octanol–water partition coefficient (Wildman–Crippen LogP) is 1.91. The highest BCUT2D eigenvalue weighted by Gasteiger charge is 2.27. The lowest BCUT2D eigenvalue weighted by molar-refractivity contribution is 0.270. The molecule has 16 heavy (non-hydrogen) atoms. The molecule has 1 aromatic rings. The largest absolute Gasteiger partial charge is 0.495 e. The second-order valence-corrected chi connectivity index (χ2v) is 5.05. The van der Waals surface area contributed by atoms with Crippen molar-refractivity contribution in [1.29, 1.82) is 0 Å². The van der Waals surface area contributed by atoms with Crippen LogP contribution in [0.3, 0.4) is 0 Å². The molecule has 1 N–H and O–H groups in total. The van der Waals surface area contributed by atoms with Gasteiger partial charge in [-0.2, -0.15) is 0 Å². The summed E-state index contributed by atoms with van der Waals surface area (Å²) in [7, 11) is 3.70. The van der Waals surface area contributed by atoms with E-state index in [0.29, 0.717) is 0 Å². The number of fused-ring (bicyclic) bond motifs is 1. The summed E-state index contributed by atoms with van der Waals surface area (Å²) in [6.45, 7) is 2.29. The van der Waals surface area contributed by atoms with Crippen molar-refractivity contribution in [1.82, 2.24) is 0 Å². The average Bonchev–Trinajstić information content (AvgIpc) is 2.31. The van der Waals surface area contributed by atoms with E-state index in [-0.39, 0.29) is 12.6 Å². The van der Waals surface area contributed by atoms with E-state index in [2.05, 4.69) is 17.9 Å². The van der Waals surface area contributed by atoms with Crippen LogP contribution in [0.4, 0.5) is 5.69 Å². The van der Waals surface area contributed by atoms with E-state index in [0.717, 1.165) is 17.2 Å². The van der Waals surface area contributed by atoms with Gasteiger partial charge in [0.1, 0.15) is 5.75 Å². The number of nitrogens with zero attached hydrogens (tertiary/aromatic N) is 1. The number of hydrogen-bond donors (Lipinski definition) is 1. The fraction of sp³-hybridized carbons (Fsp3) is 0.500. The molecule has 0 spiro atoms. The van der Waals surface area contributed by atoms with Crippen molar-refractivity contribution in [3.63, 3.8) is 0 Å². The van der Waals surface area contributed by atoms with Crippen LogP contribution in [0, 0.1) is 6.92 Å². The van der Waals surface area contributed by atoms with Crippen molar-refractivity contribution in [3.05, 3.63) is 17.7 Å². The van der Waals surface area contributed by atoms with Gasteiger partial charge in [-0.1, -0.05) is 6.07 Å². The number of methoxy groups -OCH3 is 1. The van der Waals surface area contributed by atoms with Crippen molar-refractivity contribution >= 4 is 17.4 Å². The van der Waals surface area contributed by atoms with Crippen molar-refractivity contribution in [2.45, 2.75) is 17.9 Å². The number of aliphatic hydroxyl groups is 1. The quantitative estimate of drug-likeness (QED) is 0.854. The number of ether oxygens (including phenoxy) is 1. The van der Waals surface area contributed by atoms with E-state index in [1.807, 2.05) is 13.1 Å². The molecule has 0 fully saturated rings. The molecule has 0 bridgehead atoms. The molecular weight excluding hydrogens is 222 g/mol. The number of benzene rings is 1. The molecule has 4 heteroatoms. The number of likely N-dealkylation sites (N-methyl/N-ethyl adjacent to an activating group) is 1. The molecule has 1 aliphatic heterocycles. The van der Waals surface area contributed by atoms with Gasteiger partial charge in [0.25, 0.3) is 0 Å². The third-order valence-electron chi connectivity index (χ3n) is 3.04. The van der Waals surface area contributed by atoms with Crippen LogP contribution in [0.2, 0.25) is 0 Å². The second kappa shape index (κ2) is 4.55. The van der Waals surface area contributed by atoms with Crippen molar-refractivity contribution in [2.75, 3.05) is 31.4 Å². The minimum Gasteiger partial charge on any atom is -0.495 e. The van der Waals surface area contributed by atoms with E-state index in [1.165, 1.54) is 10.5 Å². The van der Waals surface area contributed by atoms with Crippen molar-refractivity contribution < 1.29 is 9.84 Å². The predicted molar refractivity (Wildman–Crippen MR) is 67.7 cm³/mol. The highest BCUT2D eigenvalue weighted by atomic mass is 32.2. The molecule has 0 aromatic heterocycles. The Morgan fingerprint density at radius 1 is 1.56 bits per heavy atom. The highest BCUT2D eigenvalue weighted by molar-refractivity contribution is 7.99. The van der Waals surface area contributed by atoms with Gasteiger partial charge in [-0.05, 0) is 18.6 Å². The van der Waals surface area contributed by atoms with E-state index in [1.54, 1.807) is 18.9 Å². The molecule has 1 heterocycles. The Labute approximate surface area is 100 Å². The van der Waals surface area contributed by atoms with Crippen LogP contribution in [0.15, 0.2) is 17.0 Å². The van der Waals surface area contributed by atoms with E-state index in [9.17, 15) is 5.11 Å². The van der Waals surface area contributed by atoms with Crippen LogP contribution in [0.1, 0.15) is 5.56 Å². The van der Waals surface area contributed by atoms with Gasteiger partial charge in [0, 0.05) is 17.7 Å². The van der Waals surface area contributed by atoms with Crippen molar-refractivity contribution in [2.24, 2.45) is 0 Å². The van der Waals surface area contributed by atoms with Crippen LogP contribution in [-0.2, 0) is 0 Å². The fourth-order valence-corrected chi connectivity index (χ4v) is 3.35. The molecule has 0 amide bonds. The lowest BCUT2D eigenvalue weighted by Gasteiger charge is -2.36. The van der Waals surface area contributed by atoms with Crippen LogP contribution in [-0.4, -0.2) is 37.7 Å². The third-order valence-corrected chi connectivity index (χ3v) is 4.40. The second-order valence-electron chi connectivity index (χ2n) is 4.02. The number of aliphatic hydroxyl groups excluding tert-OH is 1. The van der Waals surface area contributed by atoms with Gasteiger partial charge in [0.05, 0.1) is 25.4 Å². The molecule has 2 rings (SSSR count). The maximum Gasteiger partial charge on any atom is 0.143 e. The van der Waals surface area contributed by atoms with Crippen LogP contribution in [0.25, 0.3) is 0 Å². The van der Waals surface area contributed by atoms with Crippen LogP contribution < -0.4 is 9.64 Å². The molecule has 0 radical (unpaired) electrons. The first kappa shape index (κ1) is 11.6. The highest BCUT2D eigenvalue weighted by Crippen LogP contribution is 2.44. The Kier molecular flexibility index (Phi) is 3.30. The standard InChI is InChI=1S/C12H17NO2S/c1-8-4-5-10(15-3)11-12(8)16-7-9(6-14)13(11)2/h4-5,9,14H,6-7H2,1-3H3. The Bertz CT molecular complexity index is 395. The summed E-state index contributed by atoms with van der Waals surface area (Å²) in [6, 6.07) is 4.25. The number of rotatable bonds is 2. The average molecular weight is 239 g/mol.